The Labute approximate surface area is 154 Å². The van der Waals surface area contributed by atoms with Crippen LogP contribution < -0.4 is 20.3 Å². The Morgan fingerprint density at radius 3 is 2.27 bits per heavy atom. The molecule has 0 aromatic heterocycles. The van der Waals surface area contributed by atoms with Crippen molar-refractivity contribution >= 4 is 23.2 Å². The van der Waals surface area contributed by atoms with E-state index in [9.17, 15) is 9.59 Å². The molecule has 0 unspecified atom stereocenters. The number of hydrogen-bond acceptors (Lipinski definition) is 4. The second-order valence-corrected chi connectivity index (χ2v) is 5.65. The van der Waals surface area contributed by atoms with Crippen molar-refractivity contribution in [3.05, 3.63) is 54.1 Å². The molecule has 0 aliphatic rings. The number of amides is 2. The highest BCUT2D eigenvalue weighted by Crippen LogP contribution is 2.18. The summed E-state index contributed by atoms with van der Waals surface area (Å²) in [5.74, 6) is -0.171. The molecule has 138 valence electrons. The molecule has 0 bridgehead atoms. The van der Waals surface area contributed by atoms with E-state index >= 15 is 0 Å². The van der Waals surface area contributed by atoms with Crippen molar-refractivity contribution in [2.45, 2.75) is 13.8 Å². The van der Waals surface area contributed by atoms with Crippen LogP contribution in [0, 0.1) is 0 Å². The first-order valence-electron chi connectivity index (χ1n) is 8.65. The summed E-state index contributed by atoms with van der Waals surface area (Å²) in [4.78, 5) is 26.5. The van der Waals surface area contributed by atoms with Gasteiger partial charge in [0.25, 0.3) is 5.91 Å². The van der Waals surface area contributed by atoms with Gasteiger partial charge in [0.2, 0.25) is 5.91 Å². The van der Waals surface area contributed by atoms with Crippen LogP contribution in [0.5, 0.6) is 5.75 Å². The van der Waals surface area contributed by atoms with Gasteiger partial charge >= 0.3 is 0 Å². The van der Waals surface area contributed by atoms with Crippen LogP contribution in [0.4, 0.5) is 11.4 Å². The van der Waals surface area contributed by atoms with Crippen LogP contribution in [0.1, 0.15) is 24.2 Å². The number of ether oxygens (including phenoxy) is 1. The van der Waals surface area contributed by atoms with Gasteiger partial charge in [0.1, 0.15) is 5.75 Å². The van der Waals surface area contributed by atoms with Gasteiger partial charge in [0.05, 0.1) is 19.2 Å². The third kappa shape index (κ3) is 4.99. The van der Waals surface area contributed by atoms with E-state index in [0.717, 1.165) is 18.8 Å². The van der Waals surface area contributed by atoms with E-state index in [1.807, 2.05) is 24.3 Å². The summed E-state index contributed by atoms with van der Waals surface area (Å²) in [6.07, 6.45) is 0. The molecule has 2 rings (SSSR count). The molecular weight excluding hydrogens is 330 g/mol. The van der Waals surface area contributed by atoms with Gasteiger partial charge in [0.15, 0.2) is 0 Å². The average Bonchev–Trinajstić information content (AvgIpc) is 2.68. The molecule has 26 heavy (non-hydrogen) atoms. The Morgan fingerprint density at radius 2 is 1.65 bits per heavy atom. The van der Waals surface area contributed by atoms with Crippen LogP contribution in [0.25, 0.3) is 0 Å². The van der Waals surface area contributed by atoms with E-state index in [2.05, 4.69) is 29.4 Å². The first-order chi connectivity index (χ1) is 12.6. The molecule has 0 aliphatic heterocycles. The third-order valence-corrected chi connectivity index (χ3v) is 4.04. The summed E-state index contributed by atoms with van der Waals surface area (Å²) in [5.41, 5.74) is 2.20. The van der Waals surface area contributed by atoms with Crippen molar-refractivity contribution in [3.8, 4) is 5.75 Å². The molecule has 0 aliphatic carbocycles. The number of anilines is 2. The minimum absolute atomic E-state index is 0.116. The van der Waals surface area contributed by atoms with Crippen molar-refractivity contribution in [2.75, 3.05) is 37.0 Å². The maximum atomic E-state index is 12.2. The zero-order valence-electron chi connectivity index (χ0n) is 15.4. The summed E-state index contributed by atoms with van der Waals surface area (Å²) in [5, 5.41) is 5.38. The van der Waals surface area contributed by atoms with E-state index in [-0.39, 0.29) is 18.4 Å². The Morgan fingerprint density at radius 1 is 1.00 bits per heavy atom. The monoisotopic (exact) mass is 355 g/mol. The van der Waals surface area contributed by atoms with Crippen LogP contribution in [0.2, 0.25) is 0 Å². The lowest BCUT2D eigenvalue weighted by atomic mass is 10.2. The number of rotatable bonds is 8. The summed E-state index contributed by atoms with van der Waals surface area (Å²) in [6.45, 7) is 5.94. The van der Waals surface area contributed by atoms with Crippen molar-refractivity contribution < 1.29 is 14.3 Å². The topological polar surface area (TPSA) is 70.7 Å². The normalized spacial score (nSPS) is 10.1. The van der Waals surface area contributed by atoms with Crippen molar-refractivity contribution in [3.63, 3.8) is 0 Å². The van der Waals surface area contributed by atoms with Crippen molar-refractivity contribution in [1.82, 2.24) is 5.32 Å². The van der Waals surface area contributed by atoms with Gasteiger partial charge in [-0.05, 0) is 50.2 Å². The second-order valence-electron chi connectivity index (χ2n) is 5.65. The van der Waals surface area contributed by atoms with E-state index in [1.54, 1.807) is 24.3 Å². The minimum Gasteiger partial charge on any atom is -0.496 e. The summed E-state index contributed by atoms with van der Waals surface area (Å²) < 4.78 is 5.15. The molecule has 6 heteroatoms. The fourth-order valence-corrected chi connectivity index (χ4v) is 2.64. The lowest BCUT2D eigenvalue weighted by Gasteiger charge is -2.21. The molecule has 2 N–H and O–H groups in total. The van der Waals surface area contributed by atoms with Crippen LogP contribution in [-0.4, -0.2) is 38.6 Å². The Balaban J connectivity index is 1.89. The maximum absolute atomic E-state index is 12.2. The number of hydrogen-bond donors (Lipinski definition) is 2. The number of nitrogens with zero attached hydrogens (tertiary/aromatic N) is 1. The molecule has 2 aromatic carbocycles. The SMILES string of the molecule is CCN(CC)c1ccc(NC(=O)CNC(=O)c2ccccc2OC)cc1. The lowest BCUT2D eigenvalue weighted by molar-refractivity contribution is -0.115. The van der Waals surface area contributed by atoms with E-state index in [1.165, 1.54) is 7.11 Å². The number of carbonyl (C=O) groups excluding carboxylic acids is 2. The number of benzene rings is 2. The van der Waals surface area contributed by atoms with Crippen molar-refractivity contribution in [1.29, 1.82) is 0 Å². The van der Waals surface area contributed by atoms with Crippen LogP contribution >= 0.6 is 0 Å². The lowest BCUT2D eigenvalue weighted by Crippen LogP contribution is -2.33. The van der Waals surface area contributed by atoms with E-state index < -0.39 is 0 Å². The Hall–Kier alpha value is -3.02. The second kappa shape index (κ2) is 9.46. The molecule has 2 amide bonds. The van der Waals surface area contributed by atoms with E-state index in [4.69, 9.17) is 4.74 Å². The minimum atomic E-state index is -0.352. The number of para-hydroxylation sites is 1. The van der Waals surface area contributed by atoms with Gasteiger partial charge in [-0.1, -0.05) is 12.1 Å². The predicted octanol–water partition coefficient (Wildman–Crippen LogP) is 2.91. The molecule has 0 saturated carbocycles. The molecular formula is C20H25N3O3. The molecule has 6 nitrogen and oxygen atoms in total. The zero-order chi connectivity index (χ0) is 18.9. The molecule has 0 atom stereocenters. The molecule has 0 heterocycles. The molecule has 0 fully saturated rings. The third-order valence-electron chi connectivity index (χ3n) is 4.04. The number of nitrogens with one attached hydrogen (secondary N) is 2. The number of carbonyl (C=O) groups is 2. The zero-order valence-corrected chi connectivity index (χ0v) is 15.4. The first-order valence-corrected chi connectivity index (χ1v) is 8.65. The summed E-state index contributed by atoms with van der Waals surface area (Å²) >= 11 is 0. The molecule has 0 spiro atoms. The quantitative estimate of drug-likeness (QED) is 0.764. The molecule has 2 aromatic rings. The van der Waals surface area contributed by atoms with Crippen molar-refractivity contribution in [2.24, 2.45) is 0 Å². The Kier molecular flexibility index (Phi) is 7.02. The fourth-order valence-electron chi connectivity index (χ4n) is 2.64. The highest BCUT2D eigenvalue weighted by molar-refractivity contribution is 6.00. The standard InChI is InChI=1S/C20H25N3O3/c1-4-23(5-2)16-12-10-15(11-13-16)22-19(24)14-21-20(25)17-8-6-7-9-18(17)26-3/h6-13H,4-5,14H2,1-3H3,(H,21,25)(H,22,24). The molecule has 0 saturated heterocycles. The smallest absolute Gasteiger partial charge is 0.255 e. The first kappa shape index (κ1) is 19.3. The summed E-state index contributed by atoms with van der Waals surface area (Å²) in [7, 11) is 1.50. The van der Waals surface area contributed by atoms with E-state index in [0.29, 0.717) is 17.0 Å². The number of methoxy groups -OCH3 is 1. The van der Waals surface area contributed by atoms with Gasteiger partial charge < -0.3 is 20.3 Å². The van der Waals surface area contributed by atoms with Gasteiger partial charge in [-0.25, -0.2) is 0 Å². The Bertz CT molecular complexity index is 740. The fraction of sp³-hybridized carbons (Fsp3) is 0.300. The summed E-state index contributed by atoms with van der Waals surface area (Å²) in [6, 6.07) is 14.5. The average molecular weight is 355 g/mol. The maximum Gasteiger partial charge on any atom is 0.255 e. The van der Waals surface area contributed by atoms with Crippen LogP contribution in [0.15, 0.2) is 48.5 Å². The van der Waals surface area contributed by atoms with Crippen LogP contribution in [0.3, 0.4) is 0 Å². The van der Waals surface area contributed by atoms with Gasteiger partial charge in [0, 0.05) is 24.5 Å². The molecule has 0 radical (unpaired) electrons. The van der Waals surface area contributed by atoms with Gasteiger partial charge in [-0.15, -0.1) is 0 Å². The largest absolute Gasteiger partial charge is 0.496 e. The highest BCUT2D eigenvalue weighted by Gasteiger charge is 2.12. The van der Waals surface area contributed by atoms with Gasteiger partial charge in [-0.2, -0.15) is 0 Å². The predicted molar refractivity (Wildman–Crippen MR) is 104 cm³/mol. The van der Waals surface area contributed by atoms with Gasteiger partial charge in [-0.3, -0.25) is 9.59 Å². The highest BCUT2D eigenvalue weighted by atomic mass is 16.5. The van der Waals surface area contributed by atoms with Crippen LogP contribution in [-0.2, 0) is 4.79 Å².